The van der Waals surface area contributed by atoms with Gasteiger partial charge in [0.2, 0.25) is 0 Å². The molecular weight excluding hydrogens is 233 g/mol. The molecule has 1 heterocycles. The second-order valence-corrected chi connectivity index (χ2v) is 3.60. The molecule has 0 unspecified atom stereocenters. The summed E-state index contributed by atoms with van der Waals surface area (Å²) in [4.78, 5) is 1.35. The highest BCUT2D eigenvalue weighted by molar-refractivity contribution is 5.69. The molecule has 1 aromatic carbocycles. The fraction of sp³-hybridized carbons (Fsp3) is 0.364. The Morgan fingerprint density at radius 3 is 2.88 bits per heavy atom. The van der Waals surface area contributed by atoms with E-state index in [9.17, 15) is 13.2 Å². The van der Waals surface area contributed by atoms with E-state index in [0.29, 0.717) is 0 Å². The first-order valence-electron chi connectivity index (χ1n) is 5.01. The molecule has 0 aliphatic carbocycles. The van der Waals surface area contributed by atoms with Crippen LogP contribution >= 0.6 is 0 Å². The zero-order valence-corrected chi connectivity index (χ0v) is 8.79. The molecule has 6 heteroatoms. The summed E-state index contributed by atoms with van der Waals surface area (Å²) in [6.07, 6.45) is -2.52. The van der Waals surface area contributed by atoms with Crippen LogP contribution in [0.4, 0.5) is 18.9 Å². The van der Waals surface area contributed by atoms with Crippen molar-refractivity contribution in [3.63, 3.8) is 0 Å². The van der Waals surface area contributed by atoms with E-state index in [2.05, 4.69) is 0 Å². The van der Waals surface area contributed by atoms with Crippen LogP contribution < -0.4 is 9.64 Å². The number of rotatable bonds is 2. The van der Waals surface area contributed by atoms with E-state index in [1.165, 1.54) is 4.90 Å². The highest BCUT2D eigenvalue weighted by atomic mass is 19.3. The Bertz CT molecular complexity index is 471. The van der Waals surface area contributed by atoms with Crippen LogP contribution in [0.3, 0.4) is 0 Å². The standard InChI is InChI=1S/C11H9F3N2O/c12-8-3-7(5-15)11-9(4-8)17-2-1-16(11)6-10(13)14/h3-4,10H,1-2,6H2. The molecule has 1 aliphatic heterocycles. The Morgan fingerprint density at radius 2 is 2.24 bits per heavy atom. The molecule has 0 atom stereocenters. The molecule has 0 N–H and O–H groups in total. The van der Waals surface area contributed by atoms with Gasteiger partial charge in [0.15, 0.2) is 0 Å². The normalized spacial score (nSPS) is 14.2. The van der Waals surface area contributed by atoms with Crippen molar-refractivity contribution in [2.75, 3.05) is 24.6 Å². The molecule has 90 valence electrons. The minimum absolute atomic E-state index is 0.0142. The first-order valence-corrected chi connectivity index (χ1v) is 5.01. The van der Waals surface area contributed by atoms with Crippen LogP contribution in [0.1, 0.15) is 5.56 Å². The van der Waals surface area contributed by atoms with Crippen molar-refractivity contribution in [2.24, 2.45) is 0 Å². The summed E-state index contributed by atoms with van der Waals surface area (Å²) in [7, 11) is 0. The summed E-state index contributed by atoms with van der Waals surface area (Å²) in [6, 6.07) is 3.92. The van der Waals surface area contributed by atoms with E-state index in [1.54, 1.807) is 6.07 Å². The number of alkyl halides is 2. The van der Waals surface area contributed by atoms with Gasteiger partial charge in [-0.25, -0.2) is 13.2 Å². The van der Waals surface area contributed by atoms with Crippen molar-refractivity contribution in [3.8, 4) is 11.8 Å². The van der Waals surface area contributed by atoms with Crippen LogP contribution in [0.25, 0.3) is 0 Å². The third-order valence-corrected chi connectivity index (χ3v) is 2.45. The first kappa shape index (κ1) is 11.6. The van der Waals surface area contributed by atoms with Crippen LogP contribution in [0.15, 0.2) is 12.1 Å². The second-order valence-electron chi connectivity index (χ2n) is 3.60. The molecule has 0 radical (unpaired) electrons. The molecule has 17 heavy (non-hydrogen) atoms. The lowest BCUT2D eigenvalue weighted by Gasteiger charge is -2.31. The Morgan fingerprint density at radius 1 is 1.47 bits per heavy atom. The molecule has 0 fully saturated rings. The largest absolute Gasteiger partial charge is 0.489 e. The summed E-state index contributed by atoms with van der Waals surface area (Å²) in [6.45, 7) is -0.0254. The lowest BCUT2D eigenvalue weighted by Crippen LogP contribution is -2.36. The van der Waals surface area contributed by atoms with Gasteiger partial charge in [0.05, 0.1) is 24.3 Å². The van der Waals surface area contributed by atoms with Gasteiger partial charge < -0.3 is 9.64 Å². The maximum atomic E-state index is 13.1. The van der Waals surface area contributed by atoms with Crippen LogP contribution in [-0.2, 0) is 0 Å². The number of nitriles is 1. The van der Waals surface area contributed by atoms with Crippen molar-refractivity contribution < 1.29 is 17.9 Å². The van der Waals surface area contributed by atoms with E-state index < -0.39 is 18.8 Å². The van der Waals surface area contributed by atoms with Gasteiger partial charge in [0, 0.05) is 6.07 Å². The highest BCUT2D eigenvalue weighted by Gasteiger charge is 2.25. The van der Waals surface area contributed by atoms with Crippen LogP contribution in [0, 0.1) is 17.1 Å². The van der Waals surface area contributed by atoms with E-state index in [1.807, 2.05) is 0 Å². The number of hydrogen-bond donors (Lipinski definition) is 0. The number of ether oxygens (including phenoxy) is 1. The maximum absolute atomic E-state index is 13.1. The molecule has 0 bridgehead atoms. The van der Waals surface area contributed by atoms with Crippen molar-refractivity contribution in [2.45, 2.75) is 6.43 Å². The van der Waals surface area contributed by atoms with E-state index >= 15 is 0 Å². The number of fused-ring (bicyclic) bond motifs is 1. The smallest absolute Gasteiger partial charge is 0.255 e. The van der Waals surface area contributed by atoms with Gasteiger partial charge in [-0.15, -0.1) is 0 Å². The van der Waals surface area contributed by atoms with Crippen LogP contribution in [0.2, 0.25) is 0 Å². The van der Waals surface area contributed by atoms with Gasteiger partial charge in [0.1, 0.15) is 24.2 Å². The lowest BCUT2D eigenvalue weighted by atomic mass is 10.1. The SMILES string of the molecule is N#Cc1cc(F)cc2c1N(CC(F)F)CCO2. The fourth-order valence-electron chi connectivity index (χ4n) is 1.82. The lowest BCUT2D eigenvalue weighted by molar-refractivity contribution is 0.151. The highest BCUT2D eigenvalue weighted by Crippen LogP contribution is 2.35. The fourth-order valence-corrected chi connectivity index (χ4v) is 1.82. The van der Waals surface area contributed by atoms with Gasteiger partial charge in [-0.3, -0.25) is 0 Å². The molecule has 0 aromatic heterocycles. The predicted octanol–water partition coefficient (Wildman–Crippen LogP) is 2.16. The molecule has 0 saturated heterocycles. The third kappa shape index (κ3) is 2.28. The minimum atomic E-state index is -2.52. The molecule has 1 aliphatic rings. The Labute approximate surface area is 96.0 Å². The first-order chi connectivity index (χ1) is 8.11. The van der Waals surface area contributed by atoms with Gasteiger partial charge in [-0.2, -0.15) is 5.26 Å². The zero-order valence-electron chi connectivity index (χ0n) is 8.79. The summed E-state index contributed by atoms with van der Waals surface area (Å²) in [5.41, 5.74) is 0.265. The van der Waals surface area contributed by atoms with Gasteiger partial charge in [-0.1, -0.05) is 0 Å². The van der Waals surface area contributed by atoms with Crippen molar-refractivity contribution in [1.29, 1.82) is 5.26 Å². The van der Waals surface area contributed by atoms with E-state index in [-0.39, 0.29) is 30.2 Å². The second kappa shape index (κ2) is 4.53. The third-order valence-electron chi connectivity index (χ3n) is 2.45. The van der Waals surface area contributed by atoms with Gasteiger partial charge in [-0.05, 0) is 6.07 Å². The monoisotopic (exact) mass is 242 g/mol. The van der Waals surface area contributed by atoms with E-state index in [4.69, 9.17) is 10.00 Å². The average Bonchev–Trinajstić information content (AvgIpc) is 2.27. The molecule has 2 rings (SSSR count). The predicted molar refractivity (Wildman–Crippen MR) is 54.8 cm³/mol. The summed E-state index contributed by atoms with van der Waals surface area (Å²) in [5, 5.41) is 8.88. The van der Waals surface area contributed by atoms with Crippen molar-refractivity contribution in [1.82, 2.24) is 0 Å². The number of nitrogens with zero attached hydrogens (tertiary/aromatic N) is 2. The zero-order chi connectivity index (χ0) is 12.4. The molecule has 0 amide bonds. The quantitative estimate of drug-likeness (QED) is 0.797. The van der Waals surface area contributed by atoms with Gasteiger partial charge in [0.25, 0.3) is 6.43 Å². The number of benzene rings is 1. The minimum Gasteiger partial charge on any atom is -0.489 e. The topological polar surface area (TPSA) is 36.3 Å². The number of halogens is 3. The van der Waals surface area contributed by atoms with E-state index in [0.717, 1.165) is 12.1 Å². The molecule has 1 aromatic rings. The number of hydrogen-bond acceptors (Lipinski definition) is 3. The maximum Gasteiger partial charge on any atom is 0.255 e. The molecule has 3 nitrogen and oxygen atoms in total. The van der Waals surface area contributed by atoms with Crippen LogP contribution in [-0.4, -0.2) is 26.1 Å². The Hall–Kier alpha value is -1.90. The average molecular weight is 242 g/mol. The molecule has 0 saturated carbocycles. The van der Waals surface area contributed by atoms with Crippen LogP contribution in [0.5, 0.6) is 5.75 Å². The number of anilines is 1. The summed E-state index contributed by atoms with van der Waals surface area (Å²) in [5.74, 6) is -0.465. The molecular formula is C11H9F3N2O. The molecule has 0 spiro atoms. The van der Waals surface area contributed by atoms with Crippen molar-refractivity contribution >= 4 is 5.69 Å². The Balaban J connectivity index is 2.45. The Kier molecular flexibility index (Phi) is 3.09. The van der Waals surface area contributed by atoms with Gasteiger partial charge >= 0.3 is 0 Å². The summed E-state index contributed by atoms with van der Waals surface area (Å²) < 4.78 is 43.1. The summed E-state index contributed by atoms with van der Waals surface area (Å²) >= 11 is 0. The van der Waals surface area contributed by atoms with Crippen molar-refractivity contribution in [3.05, 3.63) is 23.5 Å².